The van der Waals surface area contributed by atoms with Crippen LogP contribution < -0.4 is 9.47 Å². The minimum absolute atomic E-state index is 0.0400. The maximum absolute atomic E-state index is 12.9. The number of benzene rings is 2. The molecule has 0 fully saturated rings. The summed E-state index contributed by atoms with van der Waals surface area (Å²) in [7, 11) is 3.16. The lowest BCUT2D eigenvalue weighted by Crippen LogP contribution is -2.27. The molecule has 0 radical (unpaired) electrons. The summed E-state index contributed by atoms with van der Waals surface area (Å²) in [6.07, 6.45) is 1.88. The first-order chi connectivity index (χ1) is 15.0. The van der Waals surface area contributed by atoms with Gasteiger partial charge in [0.25, 0.3) is 0 Å². The van der Waals surface area contributed by atoms with Crippen LogP contribution in [0.25, 0.3) is 0 Å². The summed E-state index contributed by atoms with van der Waals surface area (Å²) in [5.41, 5.74) is 3.86. The summed E-state index contributed by atoms with van der Waals surface area (Å²) < 4.78 is 10.7. The van der Waals surface area contributed by atoms with Crippen LogP contribution in [-0.2, 0) is 16.0 Å². The van der Waals surface area contributed by atoms with E-state index in [4.69, 9.17) is 14.6 Å². The molecule has 31 heavy (non-hydrogen) atoms. The third-order valence-corrected chi connectivity index (χ3v) is 5.44. The Balaban J connectivity index is 1.90. The Bertz CT molecular complexity index is 968. The van der Waals surface area contributed by atoms with Crippen LogP contribution in [0.15, 0.2) is 47.6 Å². The van der Waals surface area contributed by atoms with E-state index >= 15 is 0 Å². The predicted molar refractivity (Wildman–Crippen MR) is 118 cm³/mol. The minimum atomic E-state index is -0.907. The first-order valence-electron chi connectivity index (χ1n) is 10.4. The average Bonchev–Trinajstić information content (AvgIpc) is 3.24. The van der Waals surface area contributed by atoms with E-state index < -0.39 is 5.97 Å². The van der Waals surface area contributed by atoms with Crippen LogP contribution in [0.4, 0.5) is 0 Å². The van der Waals surface area contributed by atoms with E-state index in [1.54, 1.807) is 14.2 Å². The van der Waals surface area contributed by atoms with Crippen molar-refractivity contribution >= 4 is 17.6 Å². The molecular formula is C24H28N2O5. The van der Waals surface area contributed by atoms with Crippen molar-refractivity contribution in [3.05, 3.63) is 59.2 Å². The Kier molecular flexibility index (Phi) is 7.28. The summed E-state index contributed by atoms with van der Waals surface area (Å²) in [5.74, 6) is 0.132. The topological polar surface area (TPSA) is 88.4 Å². The van der Waals surface area contributed by atoms with Gasteiger partial charge in [-0.25, -0.2) is 5.01 Å². The lowest BCUT2D eigenvalue weighted by Gasteiger charge is -2.22. The van der Waals surface area contributed by atoms with Crippen molar-refractivity contribution in [2.24, 2.45) is 5.10 Å². The molecule has 0 saturated carbocycles. The zero-order valence-corrected chi connectivity index (χ0v) is 18.1. The molecule has 7 nitrogen and oxygen atoms in total. The number of rotatable bonds is 9. The molecular weight excluding hydrogens is 396 g/mol. The van der Waals surface area contributed by atoms with Gasteiger partial charge in [0.2, 0.25) is 5.91 Å². The molecule has 1 aliphatic rings. The number of methoxy groups -OCH3 is 2. The van der Waals surface area contributed by atoms with Crippen LogP contribution in [-0.4, -0.2) is 41.9 Å². The monoisotopic (exact) mass is 424 g/mol. The third-order valence-electron chi connectivity index (χ3n) is 5.44. The van der Waals surface area contributed by atoms with Gasteiger partial charge in [-0.3, -0.25) is 9.59 Å². The molecule has 0 bridgehead atoms. The molecule has 1 N–H and O–H groups in total. The van der Waals surface area contributed by atoms with Crippen LogP contribution in [0.2, 0.25) is 0 Å². The van der Waals surface area contributed by atoms with Gasteiger partial charge < -0.3 is 14.6 Å². The molecule has 1 aliphatic heterocycles. The second-order valence-electron chi connectivity index (χ2n) is 7.42. The van der Waals surface area contributed by atoms with Crippen molar-refractivity contribution < 1.29 is 24.2 Å². The highest BCUT2D eigenvalue weighted by molar-refractivity contribution is 6.03. The van der Waals surface area contributed by atoms with Gasteiger partial charge in [-0.15, -0.1) is 0 Å². The second-order valence-corrected chi connectivity index (χ2v) is 7.42. The van der Waals surface area contributed by atoms with Crippen molar-refractivity contribution in [2.75, 3.05) is 14.2 Å². The van der Waals surface area contributed by atoms with Crippen molar-refractivity contribution in [3.8, 4) is 11.5 Å². The molecule has 2 aromatic carbocycles. The minimum Gasteiger partial charge on any atom is -0.493 e. The van der Waals surface area contributed by atoms with Crippen molar-refractivity contribution in [2.45, 2.75) is 45.1 Å². The van der Waals surface area contributed by atoms with Gasteiger partial charge in [-0.2, -0.15) is 5.10 Å². The number of ether oxygens (including phenoxy) is 2. The van der Waals surface area contributed by atoms with Gasteiger partial charge in [0.1, 0.15) is 0 Å². The number of carbonyl (C=O) groups excluding carboxylic acids is 1. The fraction of sp³-hybridized carbons (Fsp3) is 0.375. The molecule has 0 aliphatic carbocycles. The molecule has 164 valence electrons. The maximum Gasteiger partial charge on any atom is 0.303 e. The Morgan fingerprint density at radius 1 is 1.06 bits per heavy atom. The number of hydrazone groups is 1. The summed E-state index contributed by atoms with van der Waals surface area (Å²) >= 11 is 0. The summed E-state index contributed by atoms with van der Waals surface area (Å²) in [6, 6.07) is 13.5. The largest absolute Gasteiger partial charge is 0.493 e. The van der Waals surface area contributed by atoms with Crippen molar-refractivity contribution in [1.82, 2.24) is 5.01 Å². The van der Waals surface area contributed by atoms with Crippen molar-refractivity contribution in [3.63, 3.8) is 0 Å². The first kappa shape index (κ1) is 22.3. The molecule has 1 unspecified atom stereocenters. The number of carbonyl (C=O) groups is 2. The van der Waals surface area contributed by atoms with Crippen LogP contribution in [0.5, 0.6) is 11.5 Å². The molecule has 3 rings (SSSR count). The van der Waals surface area contributed by atoms with Gasteiger partial charge in [0.05, 0.1) is 26.0 Å². The van der Waals surface area contributed by atoms with Gasteiger partial charge in [0.15, 0.2) is 11.5 Å². The van der Waals surface area contributed by atoms with Gasteiger partial charge >= 0.3 is 5.97 Å². The number of carboxylic acids is 1. The Morgan fingerprint density at radius 3 is 2.39 bits per heavy atom. The number of hydrogen-bond donors (Lipinski definition) is 1. The molecule has 0 saturated heterocycles. The zero-order chi connectivity index (χ0) is 22.4. The fourth-order valence-electron chi connectivity index (χ4n) is 3.67. The second kappa shape index (κ2) is 10.1. The normalized spacial score (nSPS) is 15.5. The zero-order valence-electron chi connectivity index (χ0n) is 18.1. The molecule has 7 heteroatoms. The predicted octanol–water partition coefficient (Wildman–Crippen LogP) is 4.20. The highest BCUT2D eigenvalue weighted by Crippen LogP contribution is 2.36. The van der Waals surface area contributed by atoms with Gasteiger partial charge in [0, 0.05) is 24.8 Å². The van der Waals surface area contributed by atoms with E-state index in [-0.39, 0.29) is 31.2 Å². The van der Waals surface area contributed by atoms with E-state index in [0.29, 0.717) is 17.9 Å². The average molecular weight is 424 g/mol. The molecule has 1 amide bonds. The van der Waals surface area contributed by atoms with E-state index in [9.17, 15) is 9.59 Å². The number of amides is 1. The van der Waals surface area contributed by atoms with E-state index in [1.165, 1.54) is 10.6 Å². The summed E-state index contributed by atoms with van der Waals surface area (Å²) in [6.45, 7) is 2.10. The number of hydrogen-bond acceptors (Lipinski definition) is 5. The van der Waals surface area contributed by atoms with E-state index in [0.717, 1.165) is 23.3 Å². The van der Waals surface area contributed by atoms with Crippen LogP contribution >= 0.6 is 0 Å². The molecule has 0 spiro atoms. The summed E-state index contributed by atoms with van der Waals surface area (Å²) in [5, 5.41) is 15.0. The van der Waals surface area contributed by atoms with Crippen LogP contribution in [0.3, 0.4) is 0 Å². The SMILES string of the molecule is CCc1ccc(C2CC(c3ccc(OC)c(OC)c3)=NN2C(=O)CCCC(=O)O)cc1. The third kappa shape index (κ3) is 5.23. The van der Waals surface area contributed by atoms with E-state index in [2.05, 4.69) is 24.2 Å². The fourth-order valence-corrected chi connectivity index (χ4v) is 3.67. The maximum atomic E-state index is 12.9. The van der Waals surface area contributed by atoms with Crippen LogP contribution in [0.1, 0.15) is 55.3 Å². The van der Waals surface area contributed by atoms with E-state index in [1.807, 2.05) is 30.3 Å². The molecule has 1 atom stereocenters. The Hall–Kier alpha value is -3.35. The van der Waals surface area contributed by atoms with Gasteiger partial charge in [-0.1, -0.05) is 31.2 Å². The molecule has 1 heterocycles. The van der Waals surface area contributed by atoms with Crippen molar-refractivity contribution in [1.29, 1.82) is 0 Å². The number of nitrogens with zero attached hydrogens (tertiary/aromatic N) is 2. The highest BCUT2D eigenvalue weighted by atomic mass is 16.5. The molecule has 2 aromatic rings. The lowest BCUT2D eigenvalue weighted by molar-refractivity contribution is -0.137. The standard InChI is InChI=1S/C24H28N2O5/c1-4-16-8-10-17(11-9-16)20-15-19(18-12-13-21(30-2)22(14-18)31-3)25-26(20)23(27)6-5-7-24(28)29/h8-14,20H,4-7,15H2,1-3H3,(H,28,29). The Morgan fingerprint density at radius 2 is 1.77 bits per heavy atom. The van der Waals surface area contributed by atoms with Gasteiger partial charge in [-0.05, 0) is 42.2 Å². The number of aryl methyl sites for hydroxylation is 1. The Labute approximate surface area is 182 Å². The number of aliphatic carboxylic acids is 1. The smallest absolute Gasteiger partial charge is 0.303 e. The number of carboxylic acid groups (broad SMARTS) is 1. The lowest BCUT2D eigenvalue weighted by atomic mass is 9.97. The first-order valence-corrected chi connectivity index (χ1v) is 10.4. The summed E-state index contributed by atoms with van der Waals surface area (Å²) in [4.78, 5) is 23.7. The quantitative estimate of drug-likeness (QED) is 0.652. The molecule has 0 aromatic heterocycles. The van der Waals surface area contributed by atoms with Crippen LogP contribution in [0, 0.1) is 0 Å². The highest BCUT2D eigenvalue weighted by Gasteiger charge is 2.33.